The largest absolute Gasteiger partial charge is 0.504 e. The second-order valence-corrected chi connectivity index (χ2v) is 9.78. The fraction of sp³-hybridized carbons (Fsp3) is 0.389. The molecule has 1 N–H and O–H groups in total. The van der Waals surface area contributed by atoms with Gasteiger partial charge in [0.1, 0.15) is 0 Å². The predicted octanol–water partition coefficient (Wildman–Crippen LogP) is 4.32. The summed E-state index contributed by atoms with van der Waals surface area (Å²) >= 11 is 0. The number of aromatic hydroxyl groups is 1. The molecule has 0 aliphatic heterocycles. The lowest BCUT2D eigenvalue weighted by Gasteiger charge is -2.24. The molecule has 4 nitrogen and oxygen atoms in total. The molecule has 2 aromatic rings. The van der Waals surface area contributed by atoms with Crippen LogP contribution in [0.2, 0.25) is 0 Å². The van der Waals surface area contributed by atoms with Crippen LogP contribution in [0.15, 0.2) is 30.5 Å². The topological polar surface area (TPSA) is 59.4 Å². The Hall–Kier alpha value is -1.80. The van der Waals surface area contributed by atoms with Crippen LogP contribution in [0.4, 0.5) is 0 Å². The first-order chi connectivity index (χ1) is 10.7. The molecule has 0 aliphatic rings. The van der Waals surface area contributed by atoms with E-state index >= 15 is 0 Å². The van der Waals surface area contributed by atoms with E-state index in [9.17, 15) is 9.67 Å². The highest BCUT2D eigenvalue weighted by atomic mass is 31.2. The van der Waals surface area contributed by atoms with Gasteiger partial charge in [0.15, 0.2) is 11.5 Å². The summed E-state index contributed by atoms with van der Waals surface area (Å²) in [6, 6.07) is 7.61. The number of benzene rings is 1. The van der Waals surface area contributed by atoms with Gasteiger partial charge in [-0.05, 0) is 62.4 Å². The van der Waals surface area contributed by atoms with Crippen LogP contribution < -0.4 is 4.74 Å². The van der Waals surface area contributed by atoms with Gasteiger partial charge >= 0.3 is 0 Å². The number of ether oxygens (including phenoxy) is 1. The Labute approximate surface area is 137 Å². The third-order valence-corrected chi connectivity index (χ3v) is 6.15. The normalized spacial score (nSPS) is 12.9. The Morgan fingerprint density at radius 2 is 2.00 bits per heavy atom. The lowest BCUT2D eigenvalue weighted by atomic mass is 10.0. The van der Waals surface area contributed by atoms with Gasteiger partial charge in [-0.2, -0.15) is 0 Å². The summed E-state index contributed by atoms with van der Waals surface area (Å²) in [6.07, 6.45) is 2.41. The van der Waals surface area contributed by atoms with Gasteiger partial charge in [-0.1, -0.05) is 12.1 Å². The van der Waals surface area contributed by atoms with Gasteiger partial charge < -0.3 is 14.4 Å². The predicted molar refractivity (Wildman–Crippen MR) is 94.3 cm³/mol. The SMILES string of the molecule is COc1cc(C(Cc2cccnc2C)P(C)(C)=O)cc(C)c1O. The van der Waals surface area contributed by atoms with Crippen LogP contribution in [0.1, 0.15) is 28.0 Å². The van der Waals surface area contributed by atoms with Crippen molar-refractivity contribution in [1.29, 1.82) is 0 Å². The lowest BCUT2D eigenvalue weighted by molar-refractivity contribution is 0.371. The van der Waals surface area contributed by atoms with Gasteiger partial charge in [0.25, 0.3) is 0 Å². The average molecular weight is 333 g/mol. The van der Waals surface area contributed by atoms with Crippen molar-refractivity contribution >= 4 is 7.14 Å². The van der Waals surface area contributed by atoms with Crippen molar-refractivity contribution in [2.24, 2.45) is 0 Å². The molecular formula is C18H24NO3P. The zero-order chi connectivity index (χ0) is 17.2. The summed E-state index contributed by atoms with van der Waals surface area (Å²) in [6.45, 7) is 7.39. The van der Waals surface area contributed by atoms with E-state index in [-0.39, 0.29) is 11.4 Å². The van der Waals surface area contributed by atoms with E-state index in [0.29, 0.717) is 12.2 Å². The molecule has 1 atom stereocenters. The molecular weight excluding hydrogens is 309 g/mol. The van der Waals surface area contributed by atoms with Crippen molar-refractivity contribution < 1.29 is 14.4 Å². The summed E-state index contributed by atoms with van der Waals surface area (Å²) in [5, 5.41) is 10.0. The van der Waals surface area contributed by atoms with Gasteiger partial charge in [-0.25, -0.2) is 0 Å². The molecule has 0 saturated heterocycles. The molecule has 0 spiro atoms. The maximum atomic E-state index is 12.9. The molecule has 1 aromatic heterocycles. The lowest BCUT2D eigenvalue weighted by Crippen LogP contribution is -2.06. The van der Waals surface area contributed by atoms with Crippen molar-refractivity contribution in [3.8, 4) is 11.5 Å². The molecule has 0 bridgehead atoms. The van der Waals surface area contributed by atoms with Gasteiger partial charge in [0.2, 0.25) is 0 Å². The van der Waals surface area contributed by atoms with E-state index in [1.165, 1.54) is 7.11 Å². The summed E-state index contributed by atoms with van der Waals surface area (Å²) < 4.78 is 18.2. The maximum Gasteiger partial charge on any atom is 0.161 e. The second-order valence-electron chi connectivity index (χ2n) is 6.29. The number of nitrogens with zero attached hydrogens (tertiary/aromatic N) is 1. The molecule has 23 heavy (non-hydrogen) atoms. The van der Waals surface area contributed by atoms with Crippen LogP contribution in [0, 0.1) is 13.8 Å². The van der Waals surface area contributed by atoms with E-state index in [0.717, 1.165) is 22.4 Å². The Balaban J connectivity index is 2.51. The highest BCUT2D eigenvalue weighted by Crippen LogP contribution is 2.55. The molecule has 0 fully saturated rings. The number of phenolic OH excluding ortho intramolecular Hbond substituents is 1. The van der Waals surface area contributed by atoms with Crippen LogP contribution in [-0.4, -0.2) is 30.5 Å². The maximum absolute atomic E-state index is 12.9. The number of methoxy groups -OCH3 is 1. The molecule has 1 heterocycles. The monoisotopic (exact) mass is 333 g/mol. The zero-order valence-corrected chi connectivity index (χ0v) is 15.2. The minimum atomic E-state index is -2.41. The van der Waals surface area contributed by atoms with E-state index in [4.69, 9.17) is 4.74 Å². The van der Waals surface area contributed by atoms with Crippen molar-refractivity contribution in [2.75, 3.05) is 20.4 Å². The Kier molecular flexibility index (Phi) is 5.16. The number of pyridine rings is 1. The molecule has 2 rings (SSSR count). The number of aromatic nitrogens is 1. The number of aryl methyl sites for hydroxylation is 2. The van der Waals surface area contributed by atoms with E-state index in [1.54, 1.807) is 25.6 Å². The molecule has 0 amide bonds. The van der Waals surface area contributed by atoms with E-state index in [1.807, 2.05) is 32.0 Å². The highest BCUT2D eigenvalue weighted by molar-refractivity contribution is 7.62. The molecule has 124 valence electrons. The standard InChI is InChI=1S/C18H24NO3P/c1-12-9-15(10-16(22-3)18(12)20)17(23(4,5)21)11-14-7-6-8-19-13(14)2/h6-10,17,20H,11H2,1-5H3. The zero-order valence-electron chi connectivity index (χ0n) is 14.3. The smallest absolute Gasteiger partial charge is 0.161 e. The molecule has 0 saturated carbocycles. The Morgan fingerprint density at radius 3 is 2.57 bits per heavy atom. The van der Waals surface area contributed by atoms with Crippen LogP contribution in [-0.2, 0) is 11.0 Å². The third kappa shape index (κ3) is 3.94. The van der Waals surface area contributed by atoms with Gasteiger partial charge in [-0.15, -0.1) is 0 Å². The van der Waals surface area contributed by atoms with Gasteiger partial charge in [0.05, 0.1) is 14.3 Å². The number of phenols is 1. The molecule has 1 unspecified atom stereocenters. The summed E-state index contributed by atoms with van der Waals surface area (Å²) in [5.74, 6) is 0.552. The van der Waals surface area contributed by atoms with Crippen LogP contribution in [0.3, 0.4) is 0 Å². The molecule has 0 aliphatic carbocycles. The fourth-order valence-electron chi connectivity index (χ4n) is 2.76. The number of rotatable bonds is 5. The van der Waals surface area contributed by atoms with Crippen molar-refractivity contribution in [2.45, 2.75) is 25.9 Å². The fourth-order valence-corrected chi connectivity index (χ4v) is 4.26. The third-order valence-electron chi connectivity index (χ3n) is 4.17. The molecule has 5 heteroatoms. The van der Waals surface area contributed by atoms with Crippen LogP contribution in [0.25, 0.3) is 0 Å². The van der Waals surface area contributed by atoms with E-state index in [2.05, 4.69) is 4.98 Å². The highest BCUT2D eigenvalue weighted by Gasteiger charge is 2.27. The summed E-state index contributed by atoms with van der Waals surface area (Å²) in [4.78, 5) is 4.32. The minimum absolute atomic E-state index is 0.134. The van der Waals surface area contributed by atoms with Crippen LogP contribution >= 0.6 is 7.14 Å². The van der Waals surface area contributed by atoms with Crippen molar-refractivity contribution in [1.82, 2.24) is 4.98 Å². The molecule has 0 radical (unpaired) electrons. The first-order valence-electron chi connectivity index (χ1n) is 7.56. The Bertz CT molecular complexity index is 752. The van der Waals surface area contributed by atoms with E-state index < -0.39 is 7.14 Å². The number of hydrogen-bond donors (Lipinski definition) is 1. The van der Waals surface area contributed by atoms with Crippen molar-refractivity contribution in [3.63, 3.8) is 0 Å². The molecule has 1 aromatic carbocycles. The quantitative estimate of drug-likeness (QED) is 0.828. The average Bonchev–Trinajstić information content (AvgIpc) is 2.48. The first-order valence-corrected chi connectivity index (χ1v) is 10.2. The second kappa shape index (κ2) is 6.76. The van der Waals surface area contributed by atoms with Crippen molar-refractivity contribution in [3.05, 3.63) is 52.8 Å². The first kappa shape index (κ1) is 17.6. The Morgan fingerprint density at radius 1 is 1.30 bits per heavy atom. The van der Waals surface area contributed by atoms with Gasteiger partial charge in [0, 0.05) is 17.5 Å². The summed E-state index contributed by atoms with van der Waals surface area (Å²) in [5.41, 5.74) is 3.55. The van der Waals surface area contributed by atoms with Crippen LogP contribution in [0.5, 0.6) is 11.5 Å². The summed E-state index contributed by atoms with van der Waals surface area (Å²) in [7, 11) is -0.889. The number of hydrogen-bond acceptors (Lipinski definition) is 4. The van der Waals surface area contributed by atoms with Gasteiger partial charge in [-0.3, -0.25) is 4.98 Å². The minimum Gasteiger partial charge on any atom is -0.504 e.